The van der Waals surface area contributed by atoms with Crippen molar-refractivity contribution in [3.8, 4) is 5.75 Å². The maximum Gasteiger partial charge on any atom is 0.303 e. The highest BCUT2D eigenvalue weighted by molar-refractivity contribution is 5.66. The number of hydrogen-bond donors (Lipinski definition) is 2. The van der Waals surface area contributed by atoms with Crippen molar-refractivity contribution in [1.29, 1.82) is 0 Å². The van der Waals surface area contributed by atoms with Gasteiger partial charge < -0.3 is 10.2 Å². The van der Waals surface area contributed by atoms with E-state index in [0.717, 1.165) is 44.3 Å². The van der Waals surface area contributed by atoms with Crippen molar-refractivity contribution < 1.29 is 15.0 Å². The number of carbonyl (C=O) groups is 1. The molecule has 1 aromatic carbocycles. The van der Waals surface area contributed by atoms with Crippen LogP contribution in [0.25, 0.3) is 0 Å². The molecule has 1 aliphatic heterocycles. The third-order valence-electron chi connectivity index (χ3n) is 4.54. The zero-order chi connectivity index (χ0) is 15.2. The summed E-state index contributed by atoms with van der Waals surface area (Å²) in [6, 6.07) is 7.82. The minimum absolute atomic E-state index is 0.256. The summed E-state index contributed by atoms with van der Waals surface area (Å²) in [5, 5.41) is 18.8. The quantitative estimate of drug-likeness (QED) is 0.843. The van der Waals surface area contributed by atoms with Gasteiger partial charge in [-0.3, -0.25) is 9.69 Å². The first-order chi connectivity index (χ1) is 10.1. The Labute approximate surface area is 126 Å². The summed E-state index contributed by atoms with van der Waals surface area (Å²) >= 11 is 0. The number of carboxylic acids is 1. The maximum atomic E-state index is 10.6. The highest BCUT2D eigenvalue weighted by Gasteiger charge is 2.26. The normalized spacial score (nSPS) is 18.5. The first kappa shape index (κ1) is 15.8. The van der Waals surface area contributed by atoms with Crippen molar-refractivity contribution >= 4 is 5.97 Å². The van der Waals surface area contributed by atoms with Crippen molar-refractivity contribution in [2.45, 2.75) is 45.1 Å². The average molecular weight is 291 g/mol. The molecule has 2 rings (SSSR count). The smallest absolute Gasteiger partial charge is 0.303 e. The minimum atomic E-state index is -0.696. The van der Waals surface area contributed by atoms with E-state index < -0.39 is 5.97 Å². The van der Waals surface area contributed by atoms with Gasteiger partial charge in [0.25, 0.3) is 0 Å². The Morgan fingerprint density at radius 1 is 1.33 bits per heavy atom. The van der Waals surface area contributed by atoms with E-state index in [0.29, 0.717) is 11.7 Å². The first-order valence-corrected chi connectivity index (χ1v) is 7.85. The van der Waals surface area contributed by atoms with Crippen molar-refractivity contribution in [3.05, 3.63) is 29.8 Å². The van der Waals surface area contributed by atoms with E-state index in [1.165, 1.54) is 0 Å². The SMILES string of the molecule is CCC(c1ccccc1O)N1CCC(CCC(=O)O)CC1. The van der Waals surface area contributed by atoms with Gasteiger partial charge in [-0.05, 0) is 50.8 Å². The third-order valence-corrected chi connectivity index (χ3v) is 4.54. The number of rotatable bonds is 6. The minimum Gasteiger partial charge on any atom is -0.508 e. The van der Waals surface area contributed by atoms with Crippen LogP contribution >= 0.6 is 0 Å². The molecule has 0 bridgehead atoms. The van der Waals surface area contributed by atoms with Crippen LogP contribution in [-0.4, -0.2) is 34.2 Å². The predicted octanol–water partition coefficient (Wildman–Crippen LogP) is 3.42. The highest BCUT2D eigenvalue weighted by atomic mass is 16.4. The molecule has 4 heteroatoms. The third kappa shape index (κ3) is 4.21. The summed E-state index contributed by atoms with van der Waals surface area (Å²) in [5.41, 5.74) is 1.00. The predicted molar refractivity (Wildman–Crippen MR) is 82.3 cm³/mol. The summed E-state index contributed by atoms with van der Waals surface area (Å²) in [4.78, 5) is 13.1. The molecule has 1 unspecified atom stereocenters. The Morgan fingerprint density at radius 2 is 2.00 bits per heavy atom. The first-order valence-electron chi connectivity index (χ1n) is 7.85. The average Bonchev–Trinajstić information content (AvgIpc) is 2.49. The fourth-order valence-electron chi connectivity index (χ4n) is 3.33. The van der Waals surface area contributed by atoms with Crippen LogP contribution in [0.5, 0.6) is 5.75 Å². The summed E-state index contributed by atoms with van der Waals surface area (Å²) in [6.45, 7) is 4.11. The molecular weight excluding hydrogens is 266 g/mol. The fourth-order valence-corrected chi connectivity index (χ4v) is 3.33. The molecule has 1 atom stereocenters. The van der Waals surface area contributed by atoms with Gasteiger partial charge in [0.05, 0.1) is 0 Å². The van der Waals surface area contributed by atoms with E-state index in [-0.39, 0.29) is 12.5 Å². The molecular formula is C17H25NO3. The lowest BCUT2D eigenvalue weighted by Gasteiger charge is -2.37. The van der Waals surface area contributed by atoms with E-state index in [9.17, 15) is 9.90 Å². The molecule has 2 N–H and O–H groups in total. The molecule has 116 valence electrons. The number of carboxylic acid groups (broad SMARTS) is 1. The molecule has 1 fully saturated rings. The van der Waals surface area contributed by atoms with E-state index in [4.69, 9.17) is 5.11 Å². The van der Waals surface area contributed by atoms with Crippen LogP contribution in [0, 0.1) is 5.92 Å². The van der Waals surface area contributed by atoms with Crippen molar-refractivity contribution in [2.24, 2.45) is 5.92 Å². The Balaban J connectivity index is 1.94. The molecule has 0 aliphatic carbocycles. The van der Waals surface area contributed by atoms with Crippen LogP contribution in [0.4, 0.5) is 0 Å². The molecule has 0 spiro atoms. The highest BCUT2D eigenvalue weighted by Crippen LogP contribution is 2.34. The van der Waals surface area contributed by atoms with Gasteiger partial charge in [0, 0.05) is 18.0 Å². The maximum absolute atomic E-state index is 10.6. The van der Waals surface area contributed by atoms with Gasteiger partial charge in [-0.1, -0.05) is 25.1 Å². The van der Waals surface area contributed by atoms with Crippen LogP contribution in [-0.2, 0) is 4.79 Å². The van der Waals surface area contributed by atoms with Crippen LogP contribution < -0.4 is 0 Å². The monoisotopic (exact) mass is 291 g/mol. The summed E-state index contributed by atoms with van der Waals surface area (Å²) in [5.74, 6) is 0.203. The molecule has 1 aliphatic rings. The number of aromatic hydroxyl groups is 1. The number of piperidine rings is 1. The summed E-state index contributed by atoms with van der Waals surface area (Å²) in [6.07, 6.45) is 4.14. The second-order valence-corrected chi connectivity index (χ2v) is 5.89. The number of phenolic OH excluding ortho intramolecular Hbond substituents is 1. The molecule has 1 aromatic rings. The van der Waals surface area contributed by atoms with Gasteiger partial charge >= 0.3 is 5.97 Å². The Hall–Kier alpha value is -1.55. The second-order valence-electron chi connectivity index (χ2n) is 5.89. The Morgan fingerprint density at radius 3 is 2.57 bits per heavy atom. The van der Waals surface area contributed by atoms with E-state index >= 15 is 0 Å². The number of nitrogens with zero attached hydrogens (tertiary/aromatic N) is 1. The van der Waals surface area contributed by atoms with E-state index in [1.54, 1.807) is 6.07 Å². The molecule has 0 aromatic heterocycles. The van der Waals surface area contributed by atoms with Crippen LogP contribution in [0.1, 0.15) is 50.6 Å². The van der Waals surface area contributed by atoms with Crippen LogP contribution in [0.3, 0.4) is 0 Å². The molecule has 1 heterocycles. The van der Waals surface area contributed by atoms with Gasteiger partial charge in [0.1, 0.15) is 5.75 Å². The lowest BCUT2D eigenvalue weighted by atomic mass is 9.90. The lowest BCUT2D eigenvalue weighted by Crippen LogP contribution is -2.36. The van der Waals surface area contributed by atoms with Crippen molar-refractivity contribution in [3.63, 3.8) is 0 Å². The topological polar surface area (TPSA) is 60.8 Å². The van der Waals surface area contributed by atoms with Crippen molar-refractivity contribution in [1.82, 2.24) is 4.90 Å². The van der Waals surface area contributed by atoms with Crippen LogP contribution in [0.15, 0.2) is 24.3 Å². The lowest BCUT2D eigenvalue weighted by molar-refractivity contribution is -0.137. The summed E-state index contributed by atoms with van der Waals surface area (Å²) in [7, 11) is 0. The fraction of sp³-hybridized carbons (Fsp3) is 0.588. The molecule has 1 saturated heterocycles. The number of likely N-dealkylation sites (tertiary alicyclic amines) is 1. The number of benzene rings is 1. The van der Waals surface area contributed by atoms with Crippen molar-refractivity contribution in [2.75, 3.05) is 13.1 Å². The van der Waals surface area contributed by atoms with Gasteiger partial charge in [0.2, 0.25) is 0 Å². The summed E-state index contributed by atoms with van der Waals surface area (Å²) < 4.78 is 0. The Bertz CT molecular complexity index is 467. The van der Waals surface area contributed by atoms with E-state index in [2.05, 4.69) is 11.8 Å². The molecule has 0 amide bonds. The molecule has 21 heavy (non-hydrogen) atoms. The van der Waals surface area contributed by atoms with Gasteiger partial charge in [0.15, 0.2) is 0 Å². The largest absolute Gasteiger partial charge is 0.508 e. The number of aliphatic carboxylic acids is 1. The molecule has 4 nitrogen and oxygen atoms in total. The molecule has 0 radical (unpaired) electrons. The number of para-hydroxylation sites is 1. The van der Waals surface area contributed by atoms with Crippen LogP contribution in [0.2, 0.25) is 0 Å². The van der Waals surface area contributed by atoms with Gasteiger partial charge in [-0.15, -0.1) is 0 Å². The van der Waals surface area contributed by atoms with E-state index in [1.807, 2.05) is 18.2 Å². The standard InChI is InChI=1S/C17H25NO3/c1-2-15(14-5-3-4-6-16(14)19)18-11-9-13(10-12-18)7-8-17(20)21/h3-6,13,15,19H,2,7-12H2,1H3,(H,20,21). The van der Waals surface area contributed by atoms with Gasteiger partial charge in [-0.2, -0.15) is 0 Å². The zero-order valence-corrected chi connectivity index (χ0v) is 12.7. The molecule has 0 saturated carbocycles. The number of phenols is 1. The number of hydrogen-bond acceptors (Lipinski definition) is 3. The Kier molecular flexibility index (Phi) is 5.62. The zero-order valence-electron chi connectivity index (χ0n) is 12.7. The second kappa shape index (κ2) is 7.46. The van der Waals surface area contributed by atoms with Gasteiger partial charge in [-0.25, -0.2) is 0 Å².